The van der Waals surface area contributed by atoms with E-state index in [-0.39, 0.29) is 5.78 Å². The van der Waals surface area contributed by atoms with Crippen LogP contribution in [0.3, 0.4) is 0 Å². The van der Waals surface area contributed by atoms with E-state index in [4.69, 9.17) is 5.73 Å². The van der Waals surface area contributed by atoms with Gasteiger partial charge in [0.05, 0.1) is 10.7 Å². The summed E-state index contributed by atoms with van der Waals surface area (Å²) in [5, 5.41) is 4.21. The Morgan fingerprint density at radius 3 is 2.84 bits per heavy atom. The van der Waals surface area contributed by atoms with Gasteiger partial charge in [-0.2, -0.15) is 5.10 Å². The number of nitrogens with two attached hydrogens (primary N) is 1. The van der Waals surface area contributed by atoms with Gasteiger partial charge in [0.25, 0.3) is 0 Å². The lowest BCUT2D eigenvalue weighted by molar-refractivity contribution is 0.102. The normalized spacial score (nSPS) is 10.7. The van der Waals surface area contributed by atoms with E-state index in [0.29, 0.717) is 28.0 Å². The van der Waals surface area contributed by atoms with Crippen LogP contribution in [0.25, 0.3) is 0 Å². The average Bonchev–Trinajstić information content (AvgIpc) is 2.74. The molecule has 5 heteroatoms. The fourth-order valence-corrected chi connectivity index (χ4v) is 2.36. The highest BCUT2D eigenvalue weighted by molar-refractivity contribution is 9.10. The Balaban J connectivity index is 2.43. The van der Waals surface area contributed by atoms with Crippen LogP contribution in [0.2, 0.25) is 0 Å². The Morgan fingerprint density at radius 1 is 1.47 bits per heavy atom. The number of rotatable bonds is 4. The van der Waals surface area contributed by atoms with Crippen molar-refractivity contribution in [2.24, 2.45) is 0 Å². The SMILES string of the molecule is CCCn1ncc(Br)c1C(=O)c1ccc(C)c(N)c1. The first-order chi connectivity index (χ1) is 9.04. The quantitative estimate of drug-likeness (QED) is 0.695. The number of nitrogens with zero attached hydrogens (tertiary/aromatic N) is 2. The second-order valence-corrected chi connectivity index (χ2v) is 5.32. The fraction of sp³-hybridized carbons (Fsp3) is 0.286. The van der Waals surface area contributed by atoms with Gasteiger partial charge in [-0.15, -0.1) is 0 Å². The van der Waals surface area contributed by atoms with Crippen LogP contribution in [-0.4, -0.2) is 15.6 Å². The van der Waals surface area contributed by atoms with Crippen LogP contribution < -0.4 is 5.73 Å². The van der Waals surface area contributed by atoms with Gasteiger partial charge in [-0.3, -0.25) is 9.48 Å². The summed E-state index contributed by atoms with van der Waals surface area (Å²) in [7, 11) is 0. The Morgan fingerprint density at radius 2 is 2.21 bits per heavy atom. The highest BCUT2D eigenvalue weighted by Crippen LogP contribution is 2.22. The van der Waals surface area contributed by atoms with Crippen molar-refractivity contribution in [3.63, 3.8) is 0 Å². The number of halogens is 1. The van der Waals surface area contributed by atoms with Crippen LogP contribution in [0.4, 0.5) is 5.69 Å². The highest BCUT2D eigenvalue weighted by Gasteiger charge is 2.18. The predicted octanol–water partition coefficient (Wildman–Crippen LogP) is 3.18. The van der Waals surface area contributed by atoms with Crippen molar-refractivity contribution < 1.29 is 4.79 Å². The molecule has 2 rings (SSSR count). The summed E-state index contributed by atoms with van der Waals surface area (Å²) in [4.78, 5) is 12.5. The summed E-state index contributed by atoms with van der Waals surface area (Å²) in [6.45, 7) is 4.68. The van der Waals surface area contributed by atoms with Crippen LogP contribution in [0, 0.1) is 6.92 Å². The Labute approximate surface area is 120 Å². The molecular formula is C14H16BrN3O. The fourth-order valence-electron chi connectivity index (χ4n) is 1.89. The average molecular weight is 322 g/mol. The second-order valence-electron chi connectivity index (χ2n) is 4.46. The van der Waals surface area contributed by atoms with Gasteiger partial charge in [-0.05, 0) is 40.9 Å². The van der Waals surface area contributed by atoms with Crippen molar-refractivity contribution in [3.8, 4) is 0 Å². The van der Waals surface area contributed by atoms with Crippen molar-refractivity contribution >= 4 is 27.4 Å². The second kappa shape index (κ2) is 5.57. The van der Waals surface area contributed by atoms with E-state index in [2.05, 4.69) is 21.0 Å². The third-order valence-electron chi connectivity index (χ3n) is 2.99. The smallest absolute Gasteiger partial charge is 0.212 e. The Bertz CT molecular complexity index is 619. The third kappa shape index (κ3) is 2.71. The molecule has 0 aliphatic heterocycles. The van der Waals surface area contributed by atoms with Crippen LogP contribution >= 0.6 is 15.9 Å². The van der Waals surface area contributed by atoms with Crippen LogP contribution in [0.1, 0.15) is 35.0 Å². The summed E-state index contributed by atoms with van der Waals surface area (Å²) in [6, 6.07) is 5.37. The molecule has 1 aromatic carbocycles. The number of aryl methyl sites for hydroxylation is 2. The molecule has 0 amide bonds. The molecule has 0 bridgehead atoms. The van der Waals surface area contributed by atoms with Crippen molar-refractivity contribution in [2.75, 3.05) is 5.73 Å². The molecule has 0 spiro atoms. The molecule has 0 aliphatic rings. The van der Waals surface area contributed by atoms with Gasteiger partial charge in [-0.1, -0.05) is 19.1 Å². The van der Waals surface area contributed by atoms with E-state index >= 15 is 0 Å². The number of nitrogen functional groups attached to an aromatic ring is 1. The molecule has 19 heavy (non-hydrogen) atoms. The molecule has 0 radical (unpaired) electrons. The lowest BCUT2D eigenvalue weighted by Crippen LogP contribution is -2.12. The zero-order valence-electron chi connectivity index (χ0n) is 11.0. The first kappa shape index (κ1) is 13.8. The Kier molecular flexibility index (Phi) is 4.04. The zero-order chi connectivity index (χ0) is 14.0. The first-order valence-electron chi connectivity index (χ1n) is 6.16. The van der Waals surface area contributed by atoms with Gasteiger partial charge in [0.15, 0.2) is 0 Å². The summed E-state index contributed by atoms with van der Waals surface area (Å²) in [5.41, 5.74) is 8.62. The highest BCUT2D eigenvalue weighted by atomic mass is 79.9. The van der Waals surface area contributed by atoms with Gasteiger partial charge in [0.2, 0.25) is 5.78 Å². The lowest BCUT2D eigenvalue weighted by Gasteiger charge is -2.08. The number of anilines is 1. The monoisotopic (exact) mass is 321 g/mol. The van der Waals surface area contributed by atoms with E-state index in [9.17, 15) is 4.79 Å². The van der Waals surface area contributed by atoms with Crippen molar-refractivity contribution in [2.45, 2.75) is 26.8 Å². The maximum Gasteiger partial charge on any atom is 0.212 e. The largest absolute Gasteiger partial charge is 0.398 e. The maximum absolute atomic E-state index is 12.5. The van der Waals surface area contributed by atoms with E-state index in [0.717, 1.165) is 12.0 Å². The number of carbonyl (C=O) groups is 1. The number of hydrogen-bond donors (Lipinski definition) is 1. The molecule has 0 saturated heterocycles. The Hall–Kier alpha value is -1.62. The van der Waals surface area contributed by atoms with Crippen LogP contribution in [-0.2, 0) is 6.54 Å². The maximum atomic E-state index is 12.5. The minimum Gasteiger partial charge on any atom is -0.398 e. The van der Waals surface area contributed by atoms with Crippen LogP contribution in [0.15, 0.2) is 28.9 Å². The number of ketones is 1. The molecule has 0 fully saturated rings. The lowest BCUT2D eigenvalue weighted by atomic mass is 10.0. The molecule has 4 nitrogen and oxygen atoms in total. The number of hydrogen-bond acceptors (Lipinski definition) is 3. The number of benzene rings is 1. The van der Waals surface area contributed by atoms with E-state index in [1.54, 1.807) is 23.0 Å². The van der Waals surface area contributed by atoms with Gasteiger partial charge in [0, 0.05) is 17.8 Å². The van der Waals surface area contributed by atoms with E-state index < -0.39 is 0 Å². The molecule has 0 aliphatic carbocycles. The topological polar surface area (TPSA) is 60.9 Å². The molecule has 2 N–H and O–H groups in total. The van der Waals surface area contributed by atoms with Crippen LogP contribution in [0.5, 0.6) is 0 Å². The molecule has 0 atom stereocenters. The van der Waals surface area contributed by atoms with E-state index in [1.807, 2.05) is 19.9 Å². The standard InChI is InChI=1S/C14H16BrN3O/c1-3-6-18-13(11(15)8-17-18)14(19)10-5-4-9(2)12(16)7-10/h4-5,7-8H,3,6,16H2,1-2H3. The molecule has 1 aromatic heterocycles. The van der Waals surface area contributed by atoms with Gasteiger partial charge >= 0.3 is 0 Å². The molecule has 0 saturated carbocycles. The molecule has 0 unspecified atom stereocenters. The molecule has 1 heterocycles. The van der Waals surface area contributed by atoms with E-state index in [1.165, 1.54) is 0 Å². The minimum atomic E-state index is -0.0653. The van der Waals surface area contributed by atoms with Crippen molar-refractivity contribution in [3.05, 3.63) is 45.7 Å². The number of aromatic nitrogens is 2. The molecule has 2 aromatic rings. The third-order valence-corrected chi connectivity index (χ3v) is 3.57. The van der Waals surface area contributed by atoms with Crippen molar-refractivity contribution in [1.29, 1.82) is 0 Å². The summed E-state index contributed by atoms with van der Waals surface area (Å²) in [6.07, 6.45) is 2.57. The van der Waals surface area contributed by atoms with Gasteiger partial charge < -0.3 is 5.73 Å². The predicted molar refractivity (Wildman–Crippen MR) is 79.2 cm³/mol. The molecular weight excluding hydrogens is 306 g/mol. The number of carbonyl (C=O) groups excluding carboxylic acids is 1. The summed E-state index contributed by atoms with van der Waals surface area (Å²) in [5.74, 6) is -0.0653. The summed E-state index contributed by atoms with van der Waals surface area (Å²) >= 11 is 3.38. The van der Waals surface area contributed by atoms with Crippen molar-refractivity contribution in [1.82, 2.24) is 9.78 Å². The van der Waals surface area contributed by atoms with Gasteiger partial charge in [-0.25, -0.2) is 0 Å². The molecule has 100 valence electrons. The zero-order valence-corrected chi connectivity index (χ0v) is 12.6. The summed E-state index contributed by atoms with van der Waals surface area (Å²) < 4.78 is 2.44. The van der Waals surface area contributed by atoms with Gasteiger partial charge in [0.1, 0.15) is 5.69 Å². The minimum absolute atomic E-state index is 0.0653. The first-order valence-corrected chi connectivity index (χ1v) is 6.96.